The quantitative estimate of drug-likeness (QED) is 0.931. The zero-order chi connectivity index (χ0) is 15.2. The third-order valence-electron chi connectivity index (χ3n) is 3.34. The minimum atomic E-state index is -3.58. The molecule has 0 fully saturated rings. The second-order valence-corrected chi connectivity index (χ2v) is 8.16. The van der Waals surface area contributed by atoms with Crippen molar-refractivity contribution >= 4 is 27.3 Å². The standard InChI is InChI=1S/C13H12N2O4S2/c1-8-14-5-12(20-8)21(18,19)15-6-10-3-2-9(13(16)17)4-11(10)7-15/h2-5H,6-7H2,1H3,(H,16,17). The van der Waals surface area contributed by atoms with E-state index in [0.717, 1.165) is 22.5 Å². The molecule has 0 atom stereocenters. The maximum atomic E-state index is 12.5. The Morgan fingerprint density at radius 3 is 2.67 bits per heavy atom. The van der Waals surface area contributed by atoms with Gasteiger partial charge in [-0.05, 0) is 30.2 Å². The van der Waals surface area contributed by atoms with Crippen molar-refractivity contribution in [2.45, 2.75) is 24.2 Å². The molecule has 0 bridgehead atoms. The molecule has 3 rings (SSSR count). The normalized spacial score (nSPS) is 15.1. The number of fused-ring (bicyclic) bond motifs is 1. The second kappa shape index (κ2) is 4.90. The highest BCUT2D eigenvalue weighted by Gasteiger charge is 2.32. The highest BCUT2D eigenvalue weighted by molar-refractivity contribution is 7.91. The summed E-state index contributed by atoms with van der Waals surface area (Å²) in [5.74, 6) is -1.02. The van der Waals surface area contributed by atoms with Crippen molar-refractivity contribution in [2.24, 2.45) is 0 Å². The fourth-order valence-electron chi connectivity index (χ4n) is 2.25. The Labute approximate surface area is 125 Å². The Bertz CT molecular complexity index is 826. The summed E-state index contributed by atoms with van der Waals surface area (Å²) in [7, 11) is -3.58. The predicted molar refractivity (Wildman–Crippen MR) is 76.7 cm³/mol. The molecule has 0 spiro atoms. The molecule has 1 aromatic carbocycles. The molecule has 110 valence electrons. The molecule has 2 aromatic rings. The van der Waals surface area contributed by atoms with Crippen molar-refractivity contribution in [1.29, 1.82) is 0 Å². The molecule has 21 heavy (non-hydrogen) atoms. The summed E-state index contributed by atoms with van der Waals surface area (Å²) < 4.78 is 26.6. The van der Waals surface area contributed by atoms with Gasteiger partial charge in [0.2, 0.25) is 0 Å². The lowest BCUT2D eigenvalue weighted by Gasteiger charge is -2.13. The number of aromatic carboxylic acids is 1. The number of sulfonamides is 1. The fourth-order valence-corrected chi connectivity index (χ4v) is 4.91. The van der Waals surface area contributed by atoms with Gasteiger partial charge in [0.05, 0.1) is 16.8 Å². The summed E-state index contributed by atoms with van der Waals surface area (Å²) in [6.07, 6.45) is 1.36. The Hall–Kier alpha value is -1.77. The van der Waals surface area contributed by atoms with Gasteiger partial charge in [-0.15, -0.1) is 11.3 Å². The van der Waals surface area contributed by atoms with Crippen molar-refractivity contribution in [1.82, 2.24) is 9.29 Å². The Morgan fingerprint density at radius 1 is 1.33 bits per heavy atom. The highest BCUT2D eigenvalue weighted by Crippen LogP contribution is 2.31. The molecule has 1 aromatic heterocycles. The monoisotopic (exact) mass is 324 g/mol. The largest absolute Gasteiger partial charge is 0.478 e. The van der Waals surface area contributed by atoms with Gasteiger partial charge in [0.25, 0.3) is 10.0 Å². The minimum absolute atomic E-state index is 0.168. The van der Waals surface area contributed by atoms with Crippen LogP contribution >= 0.6 is 11.3 Å². The van der Waals surface area contributed by atoms with E-state index < -0.39 is 16.0 Å². The van der Waals surface area contributed by atoms with Gasteiger partial charge in [-0.25, -0.2) is 18.2 Å². The number of benzene rings is 1. The summed E-state index contributed by atoms with van der Waals surface area (Å²) in [6.45, 7) is 2.20. The number of nitrogens with zero attached hydrogens (tertiary/aromatic N) is 2. The Kier molecular flexibility index (Phi) is 3.31. The summed E-state index contributed by atoms with van der Waals surface area (Å²) >= 11 is 1.13. The van der Waals surface area contributed by atoms with Crippen molar-refractivity contribution in [3.63, 3.8) is 0 Å². The zero-order valence-electron chi connectivity index (χ0n) is 11.1. The number of aryl methyl sites for hydroxylation is 1. The van der Waals surface area contributed by atoms with Crippen LogP contribution in [0.4, 0.5) is 0 Å². The third-order valence-corrected chi connectivity index (χ3v) is 6.48. The number of carboxylic acids is 1. The Morgan fingerprint density at radius 2 is 2.05 bits per heavy atom. The van der Waals surface area contributed by atoms with Crippen LogP contribution in [0.2, 0.25) is 0 Å². The number of carboxylic acid groups (broad SMARTS) is 1. The van der Waals surface area contributed by atoms with Crippen LogP contribution in [0.1, 0.15) is 26.5 Å². The first-order valence-corrected chi connectivity index (χ1v) is 8.41. The molecule has 0 saturated heterocycles. The van der Waals surface area contributed by atoms with Crippen LogP contribution in [-0.2, 0) is 23.1 Å². The van der Waals surface area contributed by atoms with Gasteiger partial charge in [0.1, 0.15) is 0 Å². The lowest BCUT2D eigenvalue weighted by Crippen LogP contribution is -2.24. The minimum Gasteiger partial charge on any atom is -0.478 e. The van der Waals surface area contributed by atoms with E-state index in [-0.39, 0.29) is 22.9 Å². The zero-order valence-corrected chi connectivity index (χ0v) is 12.7. The van der Waals surface area contributed by atoms with Gasteiger partial charge >= 0.3 is 5.97 Å². The third kappa shape index (κ3) is 2.45. The van der Waals surface area contributed by atoms with Crippen molar-refractivity contribution in [2.75, 3.05) is 0 Å². The van der Waals surface area contributed by atoms with E-state index >= 15 is 0 Å². The summed E-state index contributed by atoms with van der Waals surface area (Å²) in [4.78, 5) is 14.9. The predicted octanol–water partition coefficient (Wildman–Crippen LogP) is 1.85. The van der Waals surface area contributed by atoms with Gasteiger partial charge < -0.3 is 5.11 Å². The summed E-state index contributed by atoms with van der Waals surface area (Å²) in [5, 5.41) is 9.68. The van der Waals surface area contributed by atoms with Crippen molar-refractivity contribution < 1.29 is 18.3 Å². The van der Waals surface area contributed by atoms with Crippen LogP contribution in [0.25, 0.3) is 0 Å². The van der Waals surface area contributed by atoms with Gasteiger partial charge in [-0.2, -0.15) is 4.31 Å². The molecule has 0 saturated carbocycles. The van der Waals surface area contributed by atoms with Crippen LogP contribution in [0.15, 0.2) is 28.6 Å². The van der Waals surface area contributed by atoms with Gasteiger partial charge in [-0.3, -0.25) is 0 Å². The van der Waals surface area contributed by atoms with Crippen LogP contribution in [0.5, 0.6) is 0 Å². The molecule has 6 nitrogen and oxygen atoms in total. The molecule has 1 aliphatic rings. The molecule has 1 aliphatic heterocycles. The van der Waals surface area contributed by atoms with E-state index in [4.69, 9.17) is 5.11 Å². The van der Waals surface area contributed by atoms with E-state index in [1.54, 1.807) is 13.0 Å². The van der Waals surface area contributed by atoms with Crippen LogP contribution in [-0.4, -0.2) is 28.8 Å². The smallest absolute Gasteiger partial charge is 0.335 e. The lowest BCUT2D eigenvalue weighted by molar-refractivity contribution is 0.0696. The lowest BCUT2D eigenvalue weighted by atomic mass is 10.1. The first kappa shape index (κ1) is 14.2. The number of thiazole rings is 1. The number of hydrogen-bond acceptors (Lipinski definition) is 5. The number of aromatic nitrogens is 1. The van der Waals surface area contributed by atoms with Gasteiger partial charge in [0.15, 0.2) is 4.21 Å². The molecule has 0 radical (unpaired) electrons. The van der Waals surface area contributed by atoms with Crippen LogP contribution < -0.4 is 0 Å². The second-order valence-electron chi connectivity index (χ2n) is 4.76. The molecule has 8 heteroatoms. The fraction of sp³-hybridized carbons (Fsp3) is 0.231. The number of hydrogen-bond donors (Lipinski definition) is 1. The molecule has 0 aliphatic carbocycles. The molecule has 1 N–H and O–H groups in total. The van der Waals surface area contributed by atoms with Crippen molar-refractivity contribution in [3.05, 3.63) is 46.1 Å². The average molecular weight is 324 g/mol. The molecule has 0 amide bonds. The first-order valence-electron chi connectivity index (χ1n) is 6.15. The number of rotatable bonds is 3. The average Bonchev–Trinajstić information content (AvgIpc) is 3.03. The molecule has 0 unspecified atom stereocenters. The van der Waals surface area contributed by atoms with E-state index in [0.29, 0.717) is 5.01 Å². The van der Waals surface area contributed by atoms with Gasteiger partial charge in [-0.1, -0.05) is 6.07 Å². The molecular weight excluding hydrogens is 312 g/mol. The SMILES string of the molecule is Cc1ncc(S(=O)(=O)N2Cc3ccc(C(=O)O)cc3C2)s1. The van der Waals surface area contributed by atoms with Gasteiger partial charge in [0, 0.05) is 13.1 Å². The Balaban J connectivity index is 1.92. The van der Waals surface area contributed by atoms with E-state index in [1.807, 2.05) is 0 Å². The van der Waals surface area contributed by atoms with Crippen LogP contribution in [0, 0.1) is 6.92 Å². The molecular formula is C13H12N2O4S2. The maximum Gasteiger partial charge on any atom is 0.335 e. The first-order chi connectivity index (χ1) is 9.88. The highest BCUT2D eigenvalue weighted by atomic mass is 32.2. The molecule has 2 heterocycles. The van der Waals surface area contributed by atoms with E-state index in [2.05, 4.69) is 4.98 Å². The summed E-state index contributed by atoms with van der Waals surface area (Å²) in [5.41, 5.74) is 1.74. The number of carbonyl (C=O) groups is 1. The van der Waals surface area contributed by atoms with Crippen molar-refractivity contribution in [3.8, 4) is 0 Å². The van der Waals surface area contributed by atoms with E-state index in [9.17, 15) is 13.2 Å². The maximum absolute atomic E-state index is 12.5. The van der Waals surface area contributed by atoms with Crippen LogP contribution in [0.3, 0.4) is 0 Å². The van der Waals surface area contributed by atoms with E-state index in [1.165, 1.54) is 22.6 Å². The summed E-state index contributed by atoms with van der Waals surface area (Å²) in [6, 6.07) is 4.70. The topological polar surface area (TPSA) is 87.6 Å².